The lowest BCUT2D eigenvalue weighted by Gasteiger charge is -2.11. The first-order chi connectivity index (χ1) is 6.19. The second-order valence-electron chi connectivity index (χ2n) is 3.55. The minimum absolute atomic E-state index is 0.0540. The summed E-state index contributed by atoms with van der Waals surface area (Å²) in [6.45, 7) is 4.05. The Morgan fingerprint density at radius 2 is 2.38 bits per heavy atom. The normalized spacial score (nSPS) is 28.4. The zero-order chi connectivity index (χ0) is 9.84. The van der Waals surface area contributed by atoms with E-state index in [0.717, 1.165) is 6.54 Å². The molecule has 1 rings (SSSR count). The molecule has 0 aromatic rings. The van der Waals surface area contributed by atoms with Crippen molar-refractivity contribution in [2.75, 3.05) is 26.7 Å². The lowest BCUT2D eigenvalue weighted by molar-refractivity contribution is -0.125. The first-order valence-electron chi connectivity index (χ1n) is 4.50. The molecule has 2 atom stereocenters. The molecule has 13 heavy (non-hydrogen) atoms. The topological polar surface area (TPSA) is 56.1 Å². The van der Waals surface area contributed by atoms with Gasteiger partial charge < -0.3 is 5.32 Å². The Hall–Kier alpha value is -1.08. The second-order valence-corrected chi connectivity index (χ2v) is 3.55. The number of hydrogen-bond donors (Lipinski definition) is 1. The maximum atomic E-state index is 11.4. The van der Waals surface area contributed by atoms with Crippen molar-refractivity contribution in [3.8, 4) is 6.07 Å². The highest BCUT2D eigenvalue weighted by Gasteiger charge is 2.33. The number of carbonyl (C=O) groups excluding carboxylic acids is 1. The van der Waals surface area contributed by atoms with Crippen LogP contribution in [0.4, 0.5) is 0 Å². The van der Waals surface area contributed by atoms with E-state index in [1.54, 1.807) is 7.05 Å². The molecule has 0 radical (unpaired) electrons. The molecule has 0 aliphatic carbocycles. The molecule has 0 bridgehead atoms. The molecule has 0 aromatic carbocycles. The summed E-state index contributed by atoms with van der Waals surface area (Å²) in [5, 5.41) is 11.2. The van der Waals surface area contributed by atoms with E-state index in [1.165, 1.54) is 0 Å². The molecule has 1 saturated heterocycles. The zero-order valence-electron chi connectivity index (χ0n) is 8.08. The molecule has 1 heterocycles. The third-order valence-corrected chi connectivity index (χ3v) is 2.57. The molecule has 0 saturated carbocycles. The van der Waals surface area contributed by atoms with Crippen molar-refractivity contribution in [2.45, 2.75) is 6.92 Å². The monoisotopic (exact) mass is 181 g/mol. The lowest BCUT2D eigenvalue weighted by atomic mass is 9.98. The molecule has 4 nitrogen and oxygen atoms in total. The lowest BCUT2D eigenvalue weighted by Crippen LogP contribution is -2.32. The van der Waals surface area contributed by atoms with Gasteiger partial charge in [0.2, 0.25) is 5.91 Å². The Balaban J connectivity index is 2.52. The third kappa shape index (κ3) is 2.19. The molecule has 0 aromatic heterocycles. The first kappa shape index (κ1) is 10.0. The van der Waals surface area contributed by atoms with Gasteiger partial charge in [-0.05, 0) is 5.92 Å². The predicted octanol–water partition coefficient (Wildman–Crippen LogP) is -0.176. The van der Waals surface area contributed by atoms with Gasteiger partial charge in [-0.2, -0.15) is 5.26 Å². The number of amides is 1. The van der Waals surface area contributed by atoms with E-state index in [4.69, 9.17) is 5.26 Å². The standard InChI is InChI=1S/C9H15N3O/c1-7-5-12(4-3-10)6-8(7)9(13)11-2/h7-8H,4-6H2,1-2H3,(H,11,13)/t7-,8-/m1/s1. The smallest absolute Gasteiger partial charge is 0.224 e. The van der Waals surface area contributed by atoms with Gasteiger partial charge in [0, 0.05) is 20.1 Å². The molecule has 1 aliphatic heterocycles. The minimum Gasteiger partial charge on any atom is -0.359 e. The van der Waals surface area contributed by atoms with Gasteiger partial charge >= 0.3 is 0 Å². The van der Waals surface area contributed by atoms with Crippen molar-refractivity contribution in [1.29, 1.82) is 5.26 Å². The van der Waals surface area contributed by atoms with Gasteiger partial charge in [-0.3, -0.25) is 9.69 Å². The van der Waals surface area contributed by atoms with Crippen molar-refractivity contribution >= 4 is 5.91 Å². The van der Waals surface area contributed by atoms with Gasteiger partial charge in [-0.25, -0.2) is 0 Å². The van der Waals surface area contributed by atoms with Crippen molar-refractivity contribution in [2.24, 2.45) is 11.8 Å². The van der Waals surface area contributed by atoms with E-state index in [-0.39, 0.29) is 11.8 Å². The largest absolute Gasteiger partial charge is 0.359 e. The Labute approximate surface area is 78.5 Å². The van der Waals surface area contributed by atoms with Crippen LogP contribution in [-0.4, -0.2) is 37.5 Å². The van der Waals surface area contributed by atoms with Gasteiger partial charge in [0.25, 0.3) is 0 Å². The highest BCUT2D eigenvalue weighted by molar-refractivity contribution is 5.79. The molecule has 72 valence electrons. The van der Waals surface area contributed by atoms with Gasteiger partial charge in [-0.1, -0.05) is 6.92 Å². The van der Waals surface area contributed by atoms with Crippen LogP contribution in [0, 0.1) is 23.2 Å². The van der Waals surface area contributed by atoms with Gasteiger partial charge in [0.05, 0.1) is 18.5 Å². The van der Waals surface area contributed by atoms with Crippen LogP contribution >= 0.6 is 0 Å². The summed E-state index contributed by atoms with van der Waals surface area (Å²) in [6, 6.07) is 2.10. The Bertz CT molecular complexity index is 234. The molecule has 1 amide bonds. The summed E-state index contributed by atoms with van der Waals surface area (Å²) in [6.07, 6.45) is 0. The summed E-state index contributed by atoms with van der Waals surface area (Å²) in [7, 11) is 1.65. The first-order valence-corrected chi connectivity index (χ1v) is 4.50. The van der Waals surface area contributed by atoms with Crippen molar-refractivity contribution < 1.29 is 4.79 Å². The van der Waals surface area contributed by atoms with Gasteiger partial charge in [0.1, 0.15) is 0 Å². The Kier molecular flexibility index (Phi) is 3.26. The SMILES string of the molecule is CNC(=O)[C@@H]1CN(CC#N)C[C@H]1C. The third-order valence-electron chi connectivity index (χ3n) is 2.57. The molecular weight excluding hydrogens is 166 g/mol. The highest BCUT2D eigenvalue weighted by Crippen LogP contribution is 2.22. The van der Waals surface area contributed by atoms with Crippen LogP contribution in [-0.2, 0) is 4.79 Å². The quantitative estimate of drug-likeness (QED) is 0.601. The van der Waals surface area contributed by atoms with E-state index in [0.29, 0.717) is 19.0 Å². The summed E-state index contributed by atoms with van der Waals surface area (Å²) in [5.41, 5.74) is 0. The molecular formula is C9H15N3O. The highest BCUT2D eigenvalue weighted by atomic mass is 16.1. The van der Waals surface area contributed by atoms with Crippen LogP contribution < -0.4 is 5.32 Å². The van der Waals surface area contributed by atoms with Gasteiger partial charge in [0.15, 0.2) is 0 Å². The molecule has 1 fully saturated rings. The van der Waals surface area contributed by atoms with Crippen LogP contribution in [0.5, 0.6) is 0 Å². The number of rotatable bonds is 2. The van der Waals surface area contributed by atoms with Gasteiger partial charge in [-0.15, -0.1) is 0 Å². The van der Waals surface area contributed by atoms with E-state index < -0.39 is 0 Å². The van der Waals surface area contributed by atoms with Crippen LogP contribution in [0.15, 0.2) is 0 Å². The average molecular weight is 181 g/mol. The molecule has 1 aliphatic rings. The van der Waals surface area contributed by atoms with E-state index in [2.05, 4.69) is 18.3 Å². The molecule has 0 unspecified atom stereocenters. The van der Waals surface area contributed by atoms with Crippen molar-refractivity contribution in [3.05, 3.63) is 0 Å². The van der Waals surface area contributed by atoms with E-state index in [9.17, 15) is 4.79 Å². The number of hydrogen-bond acceptors (Lipinski definition) is 3. The van der Waals surface area contributed by atoms with Crippen LogP contribution in [0.3, 0.4) is 0 Å². The fourth-order valence-electron chi connectivity index (χ4n) is 1.82. The number of carbonyl (C=O) groups is 1. The zero-order valence-corrected chi connectivity index (χ0v) is 8.08. The molecule has 1 N–H and O–H groups in total. The number of likely N-dealkylation sites (tertiary alicyclic amines) is 1. The van der Waals surface area contributed by atoms with Crippen LogP contribution in [0.2, 0.25) is 0 Å². The maximum Gasteiger partial charge on any atom is 0.224 e. The fourth-order valence-corrected chi connectivity index (χ4v) is 1.82. The van der Waals surface area contributed by atoms with E-state index >= 15 is 0 Å². The van der Waals surface area contributed by atoms with Crippen LogP contribution in [0.25, 0.3) is 0 Å². The van der Waals surface area contributed by atoms with Crippen LogP contribution in [0.1, 0.15) is 6.92 Å². The summed E-state index contributed by atoms with van der Waals surface area (Å²) in [5.74, 6) is 0.500. The maximum absolute atomic E-state index is 11.4. The predicted molar refractivity (Wildman–Crippen MR) is 48.8 cm³/mol. The van der Waals surface area contributed by atoms with Crippen molar-refractivity contribution in [3.63, 3.8) is 0 Å². The Morgan fingerprint density at radius 3 is 2.92 bits per heavy atom. The fraction of sp³-hybridized carbons (Fsp3) is 0.778. The summed E-state index contributed by atoms with van der Waals surface area (Å²) in [4.78, 5) is 13.4. The average Bonchev–Trinajstić information content (AvgIpc) is 2.46. The van der Waals surface area contributed by atoms with Crippen molar-refractivity contribution in [1.82, 2.24) is 10.2 Å². The molecule has 0 spiro atoms. The number of nitrogens with one attached hydrogen (secondary N) is 1. The second kappa shape index (κ2) is 4.24. The minimum atomic E-state index is 0.0540. The summed E-state index contributed by atoms with van der Waals surface area (Å²) < 4.78 is 0. The Morgan fingerprint density at radius 1 is 1.69 bits per heavy atom. The summed E-state index contributed by atoms with van der Waals surface area (Å²) >= 11 is 0. The molecule has 4 heteroatoms. The number of nitrogens with zero attached hydrogens (tertiary/aromatic N) is 2. The number of nitriles is 1. The van der Waals surface area contributed by atoms with E-state index in [1.807, 2.05) is 4.90 Å².